The molecule has 0 spiro atoms. The van der Waals surface area contributed by atoms with E-state index in [1.807, 2.05) is 25.7 Å². The van der Waals surface area contributed by atoms with Gasteiger partial charge >= 0.3 is 6.09 Å². The zero-order chi connectivity index (χ0) is 14.6. The largest absolute Gasteiger partial charge is 0.444 e. The van der Waals surface area contributed by atoms with Crippen LogP contribution in [0.4, 0.5) is 4.79 Å². The van der Waals surface area contributed by atoms with Crippen molar-refractivity contribution in [2.24, 2.45) is 5.92 Å². The smallest absolute Gasteiger partial charge is 0.410 e. The van der Waals surface area contributed by atoms with Gasteiger partial charge in [0.2, 0.25) is 0 Å². The Morgan fingerprint density at radius 3 is 2.30 bits per heavy atom. The normalized spacial score (nSPS) is 21.6. The number of hydrogen-bond donors (Lipinski definition) is 0. The molecule has 0 bridgehead atoms. The van der Waals surface area contributed by atoms with Gasteiger partial charge in [-0.05, 0) is 46.1 Å². The van der Waals surface area contributed by atoms with Crippen LogP contribution in [0.15, 0.2) is 0 Å². The summed E-state index contributed by atoms with van der Waals surface area (Å²) in [6, 6.07) is 0. The minimum absolute atomic E-state index is 0.161. The lowest BCUT2D eigenvalue weighted by Crippen LogP contribution is -2.50. The van der Waals surface area contributed by atoms with Crippen molar-refractivity contribution in [3.05, 3.63) is 0 Å². The lowest BCUT2D eigenvalue weighted by molar-refractivity contribution is 0.0143. The molecule has 1 aliphatic carbocycles. The molecule has 4 heteroatoms. The number of ether oxygens (including phenoxy) is 1. The van der Waals surface area contributed by atoms with Gasteiger partial charge in [0.05, 0.1) is 0 Å². The van der Waals surface area contributed by atoms with E-state index >= 15 is 0 Å². The zero-order valence-electron chi connectivity index (χ0n) is 13.4. The van der Waals surface area contributed by atoms with Gasteiger partial charge < -0.3 is 9.64 Å². The van der Waals surface area contributed by atoms with Crippen molar-refractivity contribution < 1.29 is 9.53 Å². The fraction of sp³-hybridized carbons (Fsp3) is 0.938. The second-order valence-corrected chi connectivity index (χ2v) is 7.25. The third-order valence-electron chi connectivity index (χ3n) is 4.34. The van der Waals surface area contributed by atoms with Crippen LogP contribution in [0.3, 0.4) is 0 Å². The Kier molecular flexibility index (Phi) is 5.30. The molecule has 0 atom stereocenters. The van der Waals surface area contributed by atoms with Crippen molar-refractivity contribution >= 4 is 6.09 Å². The second kappa shape index (κ2) is 6.79. The molecular weight excluding hydrogens is 252 g/mol. The van der Waals surface area contributed by atoms with Gasteiger partial charge in [-0.25, -0.2) is 4.79 Å². The SMILES string of the molecule is CC(C)(C)OC(=O)N1CCN(CCCC2CCC2)CC1. The van der Waals surface area contributed by atoms with Crippen LogP contribution in [0.25, 0.3) is 0 Å². The number of amides is 1. The van der Waals surface area contributed by atoms with Gasteiger partial charge in [-0.3, -0.25) is 4.90 Å². The van der Waals surface area contributed by atoms with E-state index in [1.165, 1.54) is 38.6 Å². The lowest BCUT2D eigenvalue weighted by atomic mass is 9.82. The molecule has 0 N–H and O–H groups in total. The standard InChI is InChI=1S/C16H30N2O2/c1-16(2,3)20-15(19)18-12-10-17(11-13-18)9-5-8-14-6-4-7-14/h14H,4-13H2,1-3H3. The second-order valence-electron chi connectivity index (χ2n) is 7.25. The molecule has 0 unspecified atom stereocenters. The number of carbonyl (C=O) groups excluding carboxylic acids is 1. The molecule has 1 saturated heterocycles. The Morgan fingerprint density at radius 1 is 1.15 bits per heavy atom. The van der Waals surface area contributed by atoms with Gasteiger partial charge in [0.25, 0.3) is 0 Å². The van der Waals surface area contributed by atoms with Crippen LogP contribution in [-0.2, 0) is 4.74 Å². The third-order valence-corrected chi connectivity index (χ3v) is 4.34. The highest BCUT2D eigenvalue weighted by Gasteiger charge is 2.25. The van der Waals surface area contributed by atoms with E-state index < -0.39 is 5.60 Å². The highest BCUT2D eigenvalue weighted by molar-refractivity contribution is 5.68. The van der Waals surface area contributed by atoms with E-state index in [1.54, 1.807) is 0 Å². The molecule has 116 valence electrons. The van der Waals surface area contributed by atoms with Crippen molar-refractivity contribution in [2.45, 2.75) is 58.5 Å². The maximum atomic E-state index is 12.0. The molecule has 2 fully saturated rings. The van der Waals surface area contributed by atoms with Gasteiger partial charge in [-0.2, -0.15) is 0 Å². The first-order valence-electron chi connectivity index (χ1n) is 8.14. The summed E-state index contributed by atoms with van der Waals surface area (Å²) in [6.07, 6.45) is 6.90. The fourth-order valence-corrected chi connectivity index (χ4v) is 2.87. The Bertz CT molecular complexity index is 313. The third kappa shape index (κ3) is 4.97. The van der Waals surface area contributed by atoms with Gasteiger partial charge in [-0.15, -0.1) is 0 Å². The van der Waals surface area contributed by atoms with E-state index in [9.17, 15) is 4.79 Å². The average Bonchev–Trinajstić information content (AvgIpc) is 2.31. The Morgan fingerprint density at radius 2 is 1.80 bits per heavy atom. The van der Waals surface area contributed by atoms with Crippen LogP contribution >= 0.6 is 0 Å². The molecule has 2 rings (SSSR count). The summed E-state index contributed by atoms with van der Waals surface area (Å²) in [7, 11) is 0. The van der Waals surface area contributed by atoms with Crippen molar-refractivity contribution in [2.75, 3.05) is 32.7 Å². The molecule has 20 heavy (non-hydrogen) atoms. The van der Waals surface area contributed by atoms with Crippen molar-refractivity contribution in [3.63, 3.8) is 0 Å². The summed E-state index contributed by atoms with van der Waals surface area (Å²) >= 11 is 0. The Labute approximate surface area is 123 Å². The predicted molar refractivity (Wildman–Crippen MR) is 80.8 cm³/mol. The topological polar surface area (TPSA) is 32.8 Å². The summed E-state index contributed by atoms with van der Waals surface area (Å²) in [5, 5.41) is 0. The number of piperazine rings is 1. The summed E-state index contributed by atoms with van der Waals surface area (Å²) < 4.78 is 5.42. The summed E-state index contributed by atoms with van der Waals surface area (Å²) in [5.41, 5.74) is -0.392. The first-order chi connectivity index (χ1) is 9.44. The number of carbonyl (C=O) groups is 1. The summed E-state index contributed by atoms with van der Waals surface area (Å²) in [6.45, 7) is 10.5. The fourth-order valence-electron chi connectivity index (χ4n) is 2.87. The maximum absolute atomic E-state index is 12.0. The van der Waals surface area contributed by atoms with Gasteiger partial charge in [0.15, 0.2) is 0 Å². The molecule has 0 radical (unpaired) electrons. The predicted octanol–water partition coefficient (Wildman–Crippen LogP) is 3.12. The van der Waals surface area contributed by atoms with E-state index in [2.05, 4.69) is 4.90 Å². The van der Waals surface area contributed by atoms with Crippen LogP contribution < -0.4 is 0 Å². The molecule has 1 heterocycles. The molecule has 1 amide bonds. The molecule has 0 aromatic heterocycles. The van der Waals surface area contributed by atoms with Crippen LogP contribution in [0.1, 0.15) is 52.9 Å². The van der Waals surface area contributed by atoms with Crippen molar-refractivity contribution in [3.8, 4) is 0 Å². The van der Waals surface area contributed by atoms with Gasteiger partial charge in [0, 0.05) is 26.2 Å². The first kappa shape index (κ1) is 15.6. The number of nitrogens with zero attached hydrogens (tertiary/aromatic N) is 2. The highest BCUT2D eigenvalue weighted by atomic mass is 16.6. The zero-order valence-corrected chi connectivity index (χ0v) is 13.4. The first-order valence-corrected chi connectivity index (χ1v) is 8.14. The molecule has 2 aliphatic rings. The summed E-state index contributed by atoms with van der Waals surface area (Å²) in [5.74, 6) is 1.01. The van der Waals surface area contributed by atoms with Crippen molar-refractivity contribution in [1.82, 2.24) is 9.80 Å². The molecule has 1 aliphatic heterocycles. The lowest BCUT2D eigenvalue weighted by Gasteiger charge is -2.36. The van der Waals surface area contributed by atoms with Crippen LogP contribution in [0, 0.1) is 5.92 Å². The summed E-state index contributed by atoms with van der Waals surface area (Å²) in [4.78, 5) is 16.3. The Balaban J connectivity index is 1.60. The number of hydrogen-bond acceptors (Lipinski definition) is 3. The van der Waals surface area contributed by atoms with E-state index in [-0.39, 0.29) is 6.09 Å². The average molecular weight is 282 g/mol. The van der Waals surface area contributed by atoms with Gasteiger partial charge in [-0.1, -0.05) is 19.3 Å². The quantitative estimate of drug-likeness (QED) is 0.794. The Hall–Kier alpha value is -0.770. The number of rotatable bonds is 4. The minimum atomic E-state index is -0.392. The van der Waals surface area contributed by atoms with E-state index in [4.69, 9.17) is 4.74 Å². The maximum Gasteiger partial charge on any atom is 0.410 e. The molecule has 1 saturated carbocycles. The van der Waals surface area contributed by atoms with E-state index in [0.29, 0.717) is 0 Å². The van der Waals surface area contributed by atoms with Crippen molar-refractivity contribution in [1.29, 1.82) is 0 Å². The van der Waals surface area contributed by atoms with E-state index in [0.717, 1.165) is 32.1 Å². The minimum Gasteiger partial charge on any atom is -0.444 e. The van der Waals surface area contributed by atoms with Crippen LogP contribution in [0.2, 0.25) is 0 Å². The van der Waals surface area contributed by atoms with Gasteiger partial charge in [0.1, 0.15) is 5.60 Å². The highest BCUT2D eigenvalue weighted by Crippen LogP contribution is 2.30. The molecule has 4 nitrogen and oxygen atoms in total. The van der Waals surface area contributed by atoms with Crippen LogP contribution in [-0.4, -0.2) is 54.2 Å². The monoisotopic (exact) mass is 282 g/mol. The van der Waals surface area contributed by atoms with Crippen LogP contribution in [0.5, 0.6) is 0 Å². The molecule has 0 aromatic rings. The molecular formula is C16H30N2O2. The molecule has 0 aromatic carbocycles.